The van der Waals surface area contributed by atoms with Gasteiger partial charge in [-0.05, 0) is 77.0 Å². The lowest BCUT2D eigenvalue weighted by Crippen LogP contribution is -2.30. The Morgan fingerprint density at radius 1 is 0.397 bits per heavy atom. The molecule has 0 heterocycles. The van der Waals surface area contributed by atoms with E-state index < -0.39 is 6.10 Å². The zero-order chi connectivity index (χ0) is 42.1. The van der Waals surface area contributed by atoms with Gasteiger partial charge in [0.15, 0.2) is 6.10 Å². The third-order valence-corrected chi connectivity index (χ3v) is 10.2. The number of carbonyl (C=O) groups excluding carboxylic acids is 2. The predicted octanol–water partition coefficient (Wildman–Crippen LogP) is 16.3. The SMILES string of the molecule is CC/C=C\C/C=C\C/C=C\C/C=C\CCCOCC(COC(=O)CCCCCCCCCCCCCCCCC)OC(=O)CCCCCCC/C=C\C/C=C\CCC. The van der Waals surface area contributed by atoms with E-state index in [-0.39, 0.29) is 25.2 Å². The number of esters is 2. The van der Waals surface area contributed by atoms with Crippen molar-refractivity contribution in [1.82, 2.24) is 0 Å². The zero-order valence-corrected chi connectivity index (χ0v) is 38.3. The van der Waals surface area contributed by atoms with Crippen LogP contribution in [0.15, 0.2) is 72.9 Å². The summed E-state index contributed by atoms with van der Waals surface area (Å²) < 4.78 is 17.3. The lowest BCUT2D eigenvalue weighted by atomic mass is 10.0. The minimum absolute atomic E-state index is 0.0576. The number of allylic oxidation sites excluding steroid dienone is 12. The standard InChI is InChI=1S/C53H92O5/c1-4-7-10-13-16-19-22-25-27-29-31-34-37-40-43-46-52(54)57-50-51(49-56-48-45-42-39-36-33-30-26-23-20-17-14-11-8-5-2)58-53(55)47-44-41-38-35-32-28-24-21-18-15-12-9-6-3/h8,11-12,15,17,20-21,24,26,30,36,39,51H,4-7,9-10,13-14,16,18-19,22-23,25,27-29,31-35,37-38,40-50H2,1-3H3/b11-8-,15-12-,20-17-,24-21-,30-26-,39-36-. The van der Waals surface area contributed by atoms with Gasteiger partial charge in [0.25, 0.3) is 0 Å². The minimum atomic E-state index is -0.571. The molecule has 0 fully saturated rings. The van der Waals surface area contributed by atoms with Crippen molar-refractivity contribution in [1.29, 1.82) is 0 Å². The molecule has 5 nitrogen and oxygen atoms in total. The highest BCUT2D eigenvalue weighted by atomic mass is 16.6. The van der Waals surface area contributed by atoms with E-state index in [9.17, 15) is 9.59 Å². The molecule has 0 radical (unpaired) electrons. The summed E-state index contributed by atoms with van der Waals surface area (Å²) in [7, 11) is 0. The molecule has 0 amide bonds. The van der Waals surface area contributed by atoms with Crippen LogP contribution in [0.2, 0.25) is 0 Å². The van der Waals surface area contributed by atoms with Gasteiger partial charge in [-0.1, -0.05) is 209 Å². The molecule has 0 aliphatic rings. The molecule has 0 aromatic rings. The molecule has 1 atom stereocenters. The Labute approximate surface area is 359 Å². The molecular weight excluding hydrogens is 717 g/mol. The molecule has 0 N–H and O–H groups in total. The van der Waals surface area contributed by atoms with Crippen molar-refractivity contribution in [3.8, 4) is 0 Å². The third-order valence-electron chi connectivity index (χ3n) is 10.2. The zero-order valence-electron chi connectivity index (χ0n) is 38.3. The van der Waals surface area contributed by atoms with E-state index in [2.05, 4.69) is 93.7 Å². The Balaban J connectivity index is 4.35. The molecule has 0 aromatic carbocycles. The van der Waals surface area contributed by atoms with Crippen LogP contribution in [0.3, 0.4) is 0 Å². The Hall–Kier alpha value is -2.66. The summed E-state index contributed by atoms with van der Waals surface area (Å²) >= 11 is 0. The second-order valence-electron chi connectivity index (χ2n) is 16.0. The largest absolute Gasteiger partial charge is 0.462 e. The average Bonchev–Trinajstić information content (AvgIpc) is 3.22. The molecule has 0 rings (SSSR count). The average molecular weight is 809 g/mol. The van der Waals surface area contributed by atoms with Crippen molar-refractivity contribution in [2.75, 3.05) is 19.8 Å². The first-order valence-corrected chi connectivity index (χ1v) is 24.5. The molecule has 58 heavy (non-hydrogen) atoms. The van der Waals surface area contributed by atoms with Gasteiger partial charge < -0.3 is 14.2 Å². The highest BCUT2D eigenvalue weighted by Gasteiger charge is 2.17. The summed E-state index contributed by atoms with van der Waals surface area (Å²) in [5.74, 6) is -0.441. The molecule has 0 saturated heterocycles. The lowest BCUT2D eigenvalue weighted by molar-refractivity contribution is -0.163. The second kappa shape index (κ2) is 48.7. The maximum atomic E-state index is 12.7. The highest BCUT2D eigenvalue weighted by molar-refractivity contribution is 5.70. The maximum Gasteiger partial charge on any atom is 0.306 e. The molecule has 0 spiro atoms. The lowest BCUT2D eigenvalue weighted by Gasteiger charge is -2.18. The van der Waals surface area contributed by atoms with Gasteiger partial charge in [0.05, 0.1) is 6.61 Å². The number of carbonyl (C=O) groups is 2. The minimum Gasteiger partial charge on any atom is -0.462 e. The predicted molar refractivity (Wildman–Crippen MR) is 251 cm³/mol. The van der Waals surface area contributed by atoms with Gasteiger partial charge in [0, 0.05) is 19.4 Å². The van der Waals surface area contributed by atoms with Crippen molar-refractivity contribution >= 4 is 11.9 Å². The van der Waals surface area contributed by atoms with Crippen LogP contribution in [-0.4, -0.2) is 37.9 Å². The van der Waals surface area contributed by atoms with Gasteiger partial charge in [-0.15, -0.1) is 0 Å². The summed E-state index contributed by atoms with van der Waals surface area (Å²) in [5, 5.41) is 0. The first-order valence-electron chi connectivity index (χ1n) is 24.5. The summed E-state index contributed by atoms with van der Waals surface area (Å²) in [5.41, 5.74) is 0. The van der Waals surface area contributed by atoms with Gasteiger partial charge in [-0.3, -0.25) is 9.59 Å². The fourth-order valence-corrected chi connectivity index (χ4v) is 6.61. The number of unbranched alkanes of at least 4 members (excludes halogenated alkanes) is 21. The molecule has 0 aliphatic heterocycles. The van der Waals surface area contributed by atoms with Gasteiger partial charge in [-0.25, -0.2) is 0 Å². The highest BCUT2D eigenvalue weighted by Crippen LogP contribution is 2.15. The van der Waals surface area contributed by atoms with Crippen LogP contribution < -0.4 is 0 Å². The van der Waals surface area contributed by atoms with Crippen LogP contribution >= 0.6 is 0 Å². The van der Waals surface area contributed by atoms with E-state index in [1.807, 2.05) is 0 Å². The molecule has 0 bridgehead atoms. The number of rotatable bonds is 44. The number of hydrogen-bond donors (Lipinski definition) is 0. The topological polar surface area (TPSA) is 61.8 Å². The van der Waals surface area contributed by atoms with Gasteiger partial charge in [-0.2, -0.15) is 0 Å². The quantitative estimate of drug-likeness (QED) is 0.0348. The first-order chi connectivity index (χ1) is 28.6. The molecule has 0 aliphatic carbocycles. The van der Waals surface area contributed by atoms with E-state index in [0.29, 0.717) is 19.4 Å². The summed E-state index contributed by atoms with van der Waals surface area (Å²) in [6, 6.07) is 0. The van der Waals surface area contributed by atoms with Gasteiger partial charge in [0.1, 0.15) is 6.61 Å². The number of hydrogen-bond acceptors (Lipinski definition) is 5. The number of ether oxygens (including phenoxy) is 3. The molecular formula is C53H92O5. The summed E-state index contributed by atoms with van der Waals surface area (Å²) in [6.07, 6.45) is 62.0. The Morgan fingerprint density at radius 2 is 0.810 bits per heavy atom. The normalized spacial score (nSPS) is 12.8. The summed E-state index contributed by atoms with van der Waals surface area (Å²) in [4.78, 5) is 25.3. The molecule has 5 heteroatoms. The van der Waals surface area contributed by atoms with E-state index in [1.54, 1.807) is 0 Å². The van der Waals surface area contributed by atoms with Gasteiger partial charge in [0.2, 0.25) is 0 Å². The van der Waals surface area contributed by atoms with Crippen LogP contribution in [0, 0.1) is 0 Å². The Kier molecular flexibility index (Phi) is 46.5. The van der Waals surface area contributed by atoms with Crippen LogP contribution in [0.4, 0.5) is 0 Å². The van der Waals surface area contributed by atoms with Crippen molar-refractivity contribution in [3.05, 3.63) is 72.9 Å². The van der Waals surface area contributed by atoms with Crippen LogP contribution in [0.5, 0.6) is 0 Å². The second-order valence-corrected chi connectivity index (χ2v) is 16.0. The Morgan fingerprint density at radius 3 is 1.31 bits per heavy atom. The Bertz CT molecular complexity index is 1050. The van der Waals surface area contributed by atoms with E-state index in [4.69, 9.17) is 14.2 Å². The third kappa shape index (κ3) is 46.0. The van der Waals surface area contributed by atoms with Crippen molar-refractivity contribution in [3.63, 3.8) is 0 Å². The maximum absolute atomic E-state index is 12.7. The van der Waals surface area contributed by atoms with E-state index in [1.165, 1.54) is 103 Å². The molecule has 0 saturated carbocycles. The van der Waals surface area contributed by atoms with Crippen molar-refractivity contribution in [2.24, 2.45) is 0 Å². The van der Waals surface area contributed by atoms with Crippen LogP contribution in [0.1, 0.15) is 226 Å². The van der Waals surface area contributed by atoms with Crippen molar-refractivity contribution < 1.29 is 23.8 Å². The summed E-state index contributed by atoms with van der Waals surface area (Å²) in [6.45, 7) is 7.51. The smallest absolute Gasteiger partial charge is 0.306 e. The fourth-order valence-electron chi connectivity index (χ4n) is 6.61. The molecule has 0 aromatic heterocycles. The van der Waals surface area contributed by atoms with E-state index >= 15 is 0 Å². The van der Waals surface area contributed by atoms with Crippen molar-refractivity contribution in [2.45, 2.75) is 232 Å². The van der Waals surface area contributed by atoms with E-state index in [0.717, 1.165) is 89.9 Å². The van der Waals surface area contributed by atoms with Crippen LogP contribution in [0.25, 0.3) is 0 Å². The monoisotopic (exact) mass is 809 g/mol. The molecule has 1 unspecified atom stereocenters. The van der Waals surface area contributed by atoms with Gasteiger partial charge >= 0.3 is 11.9 Å². The first kappa shape index (κ1) is 55.3. The van der Waals surface area contributed by atoms with Crippen LogP contribution in [-0.2, 0) is 23.8 Å². The fraction of sp³-hybridized carbons (Fsp3) is 0.736. The molecule has 334 valence electrons.